The number of hydrogen-bond acceptors (Lipinski definition) is 2. The minimum atomic E-state index is -1.67. The van der Waals surface area contributed by atoms with Crippen LogP contribution in [0.1, 0.15) is 19.8 Å². The van der Waals surface area contributed by atoms with Gasteiger partial charge in [-0.3, -0.25) is 4.79 Å². The fourth-order valence-corrected chi connectivity index (χ4v) is 2.49. The number of nitrogens with one attached hydrogen (secondary N) is 2. The van der Waals surface area contributed by atoms with Crippen LogP contribution in [0, 0.1) is 0 Å². The van der Waals surface area contributed by atoms with Crippen LogP contribution < -0.4 is 10.6 Å². The van der Waals surface area contributed by atoms with Gasteiger partial charge in [0.2, 0.25) is 9.70 Å². The van der Waals surface area contributed by atoms with Gasteiger partial charge in [-0.2, -0.15) is 0 Å². The highest BCUT2D eigenvalue weighted by Gasteiger charge is 2.34. The van der Waals surface area contributed by atoms with Gasteiger partial charge in [0, 0.05) is 17.5 Å². The Kier molecular flexibility index (Phi) is 5.79. The third-order valence-electron chi connectivity index (χ3n) is 3.20. The van der Waals surface area contributed by atoms with Crippen LogP contribution in [0.15, 0.2) is 42.5 Å². The van der Waals surface area contributed by atoms with E-state index in [0.29, 0.717) is 6.42 Å². The molecule has 2 aromatic rings. The summed E-state index contributed by atoms with van der Waals surface area (Å²) in [5.74, 6) is -0.161. The van der Waals surface area contributed by atoms with Crippen molar-refractivity contribution in [1.29, 1.82) is 0 Å². The number of carbonyl (C=O) groups excluding carboxylic acids is 1. The van der Waals surface area contributed by atoms with Gasteiger partial charge in [0.25, 0.3) is 0 Å². The van der Waals surface area contributed by atoms with Crippen molar-refractivity contribution in [2.24, 2.45) is 0 Å². The van der Waals surface area contributed by atoms with E-state index in [2.05, 4.69) is 10.6 Å². The lowest BCUT2D eigenvalue weighted by molar-refractivity contribution is -0.121. The van der Waals surface area contributed by atoms with E-state index in [9.17, 15) is 4.79 Å². The second kappa shape index (κ2) is 7.40. The number of carbonyl (C=O) groups is 1. The first-order chi connectivity index (χ1) is 10.4. The van der Waals surface area contributed by atoms with Gasteiger partial charge in [0.1, 0.15) is 6.17 Å². The van der Waals surface area contributed by atoms with Gasteiger partial charge in [-0.25, -0.2) is 0 Å². The fourth-order valence-electron chi connectivity index (χ4n) is 2.17. The largest absolute Gasteiger partial charge is 0.361 e. The second-order valence-corrected chi connectivity index (χ2v) is 7.33. The second-order valence-electron chi connectivity index (χ2n) is 4.96. The molecule has 1 atom stereocenters. The van der Waals surface area contributed by atoms with Crippen LogP contribution in [-0.4, -0.2) is 15.9 Å². The van der Waals surface area contributed by atoms with Crippen molar-refractivity contribution < 1.29 is 4.79 Å². The number of amides is 1. The van der Waals surface area contributed by atoms with Crippen LogP contribution in [0.4, 0.5) is 5.69 Å². The zero-order valence-corrected chi connectivity index (χ0v) is 14.3. The Morgan fingerprint density at radius 2 is 1.82 bits per heavy atom. The highest BCUT2D eigenvalue weighted by atomic mass is 35.6. The summed E-state index contributed by atoms with van der Waals surface area (Å²) in [6.45, 7) is 1.92. The van der Waals surface area contributed by atoms with Crippen molar-refractivity contribution in [2.45, 2.75) is 29.7 Å². The van der Waals surface area contributed by atoms with Gasteiger partial charge in [-0.15, -0.1) is 0 Å². The molecule has 0 saturated heterocycles. The van der Waals surface area contributed by atoms with Crippen molar-refractivity contribution in [1.82, 2.24) is 5.32 Å². The molecule has 2 rings (SSSR count). The Hall–Kier alpha value is -1.16. The predicted octanol–water partition coefficient (Wildman–Crippen LogP) is 4.86. The Morgan fingerprint density at radius 3 is 2.50 bits per heavy atom. The molecule has 6 heteroatoms. The van der Waals surface area contributed by atoms with Gasteiger partial charge in [-0.05, 0) is 17.9 Å². The quantitative estimate of drug-likeness (QED) is 0.591. The summed E-state index contributed by atoms with van der Waals surface area (Å²) in [5, 5.41) is 7.91. The molecule has 1 amide bonds. The molecular formula is C16H17Cl3N2O. The van der Waals surface area contributed by atoms with Crippen LogP contribution in [0.25, 0.3) is 10.8 Å². The van der Waals surface area contributed by atoms with Crippen LogP contribution in [0.2, 0.25) is 0 Å². The van der Waals surface area contributed by atoms with Crippen molar-refractivity contribution in [3.63, 3.8) is 0 Å². The molecule has 0 bridgehead atoms. The molecule has 0 saturated carbocycles. The molecule has 0 fully saturated rings. The molecule has 118 valence electrons. The maximum absolute atomic E-state index is 11.8. The molecular weight excluding hydrogens is 343 g/mol. The fraction of sp³-hybridized carbons (Fsp3) is 0.312. The van der Waals surface area contributed by atoms with E-state index in [1.807, 2.05) is 49.4 Å². The van der Waals surface area contributed by atoms with E-state index in [0.717, 1.165) is 22.9 Å². The Balaban J connectivity index is 2.27. The summed E-state index contributed by atoms with van der Waals surface area (Å²) in [5.41, 5.74) is 0.797. The van der Waals surface area contributed by atoms with Gasteiger partial charge in [-0.1, -0.05) is 78.1 Å². The normalized spacial score (nSPS) is 12.9. The number of benzene rings is 2. The summed E-state index contributed by atoms with van der Waals surface area (Å²) in [4.78, 5) is 11.8. The zero-order valence-electron chi connectivity index (χ0n) is 12.1. The lowest BCUT2D eigenvalue weighted by Gasteiger charge is -2.28. The van der Waals surface area contributed by atoms with E-state index in [1.165, 1.54) is 0 Å². The van der Waals surface area contributed by atoms with Gasteiger partial charge in [0.15, 0.2) is 0 Å². The predicted molar refractivity (Wildman–Crippen MR) is 94.7 cm³/mol. The van der Waals surface area contributed by atoms with Crippen LogP contribution in [0.5, 0.6) is 0 Å². The number of rotatable bonds is 5. The first kappa shape index (κ1) is 17.2. The monoisotopic (exact) mass is 358 g/mol. The molecule has 0 aliphatic rings. The molecule has 0 aliphatic carbocycles. The van der Waals surface area contributed by atoms with E-state index in [-0.39, 0.29) is 5.91 Å². The van der Waals surface area contributed by atoms with E-state index >= 15 is 0 Å². The maximum Gasteiger partial charge on any atom is 0.228 e. The van der Waals surface area contributed by atoms with E-state index in [1.54, 1.807) is 0 Å². The van der Waals surface area contributed by atoms with Gasteiger partial charge in [0.05, 0.1) is 0 Å². The minimum absolute atomic E-state index is 0.161. The molecule has 0 radical (unpaired) electrons. The Bertz CT molecular complexity index is 650. The molecule has 0 spiro atoms. The molecule has 0 aromatic heterocycles. The summed E-state index contributed by atoms with van der Waals surface area (Å²) in [7, 11) is 0. The van der Waals surface area contributed by atoms with Crippen LogP contribution in [-0.2, 0) is 4.79 Å². The standard InChI is InChI=1S/C16H17Cl3N2O/c1-2-6-14(22)21-15(16(17,18)19)20-13-10-5-8-11-7-3-4-9-12(11)13/h3-5,7-10,15,20H,2,6H2,1H3,(H,21,22)/t15-/m0/s1. The average Bonchev–Trinajstić information content (AvgIpc) is 2.46. The van der Waals surface area contributed by atoms with Crippen LogP contribution in [0.3, 0.4) is 0 Å². The first-order valence-electron chi connectivity index (χ1n) is 7.02. The highest BCUT2D eigenvalue weighted by Crippen LogP contribution is 2.33. The topological polar surface area (TPSA) is 41.1 Å². The van der Waals surface area contributed by atoms with Crippen molar-refractivity contribution >= 4 is 57.2 Å². The Labute approximate surface area is 144 Å². The summed E-state index contributed by atoms with van der Waals surface area (Å²) in [6.07, 6.45) is 0.295. The molecule has 0 heterocycles. The minimum Gasteiger partial charge on any atom is -0.361 e. The third-order valence-corrected chi connectivity index (χ3v) is 3.85. The molecule has 0 aliphatic heterocycles. The van der Waals surface area contributed by atoms with Crippen molar-refractivity contribution in [3.05, 3.63) is 42.5 Å². The van der Waals surface area contributed by atoms with E-state index in [4.69, 9.17) is 34.8 Å². The summed E-state index contributed by atoms with van der Waals surface area (Å²) >= 11 is 18.0. The summed E-state index contributed by atoms with van der Waals surface area (Å²) in [6, 6.07) is 13.7. The first-order valence-corrected chi connectivity index (χ1v) is 8.15. The molecule has 2 N–H and O–H groups in total. The molecule has 3 nitrogen and oxygen atoms in total. The highest BCUT2D eigenvalue weighted by molar-refractivity contribution is 6.68. The Morgan fingerprint density at radius 1 is 1.14 bits per heavy atom. The number of alkyl halides is 3. The van der Waals surface area contributed by atoms with Gasteiger partial charge < -0.3 is 10.6 Å². The lowest BCUT2D eigenvalue weighted by Crippen LogP contribution is -2.49. The van der Waals surface area contributed by atoms with Crippen molar-refractivity contribution in [2.75, 3.05) is 5.32 Å². The van der Waals surface area contributed by atoms with Crippen LogP contribution >= 0.6 is 34.8 Å². The molecule has 2 aromatic carbocycles. The maximum atomic E-state index is 11.8. The van der Waals surface area contributed by atoms with Crippen molar-refractivity contribution in [3.8, 4) is 0 Å². The average molecular weight is 360 g/mol. The van der Waals surface area contributed by atoms with Gasteiger partial charge >= 0.3 is 0 Å². The summed E-state index contributed by atoms with van der Waals surface area (Å²) < 4.78 is -1.67. The molecule has 0 unspecified atom stereocenters. The third kappa shape index (κ3) is 4.42. The number of anilines is 1. The molecule has 22 heavy (non-hydrogen) atoms. The lowest BCUT2D eigenvalue weighted by atomic mass is 10.1. The SMILES string of the molecule is CCCC(=O)N[C@H](Nc1cccc2ccccc12)C(Cl)(Cl)Cl. The number of fused-ring (bicyclic) bond motifs is 1. The smallest absolute Gasteiger partial charge is 0.228 e. The zero-order chi connectivity index (χ0) is 16.2. The van der Waals surface area contributed by atoms with E-state index < -0.39 is 9.96 Å². The number of halogens is 3. The number of hydrogen-bond donors (Lipinski definition) is 2.